The van der Waals surface area contributed by atoms with Gasteiger partial charge in [-0.3, -0.25) is 0 Å². The molecule has 0 aromatic carbocycles. The molecular formula is C12H13ClN2O. The van der Waals surface area contributed by atoms with Crippen LogP contribution in [0.4, 0.5) is 5.69 Å². The van der Waals surface area contributed by atoms with Crippen molar-refractivity contribution in [3.63, 3.8) is 0 Å². The fourth-order valence-electron chi connectivity index (χ4n) is 1.41. The van der Waals surface area contributed by atoms with Gasteiger partial charge >= 0.3 is 0 Å². The molecule has 3 nitrogen and oxygen atoms in total. The van der Waals surface area contributed by atoms with Gasteiger partial charge in [-0.2, -0.15) is 0 Å². The van der Waals surface area contributed by atoms with Gasteiger partial charge in [0.2, 0.25) is 0 Å². The summed E-state index contributed by atoms with van der Waals surface area (Å²) in [5.74, 6) is 1.89. The van der Waals surface area contributed by atoms with E-state index in [-0.39, 0.29) is 0 Å². The van der Waals surface area contributed by atoms with E-state index in [4.69, 9.17) is 16.0 Å². The Bertz CT molecular complexity index is 468. The van der Waals surface area contributed by atoms with Gasteiger partial charge in [-0.15, -0.1) is 0 Å². The van der Waals surface area contributed by atoms with Crippen LogP contribution in [0, 0.1) is 0 Å². The van der Waals surface area contributed by atoms with Crippen molar-refractivity contribution in [2.75, 3.05) is 5.32 Å². The maximum absolute atomic E-state index is 5.92. The molecule has 0 saturated carbocycles. The molecule has 0 amide bonds. The topological polar surface area (TPSA) is 38.1 Å². The highest BCUT2D eigenvalue weighted by molar-refractivity contribution is 6.31. The zero-order chi connectivity index (χ0) is 11.4. The van der Waals surface area contributed by atoms with E-state index in [2.05, 4.69) is 17.2 Å². The Balaban J connectivity index is 1.99. The highest BCUT2D eigenvalue weighted by atomic mass is 35.5. The lowest BCUT2D eigenvalue weighted by Gasteiger charge is -2.05. The molecule has 0 fully saturated rings. The Labute approximate surface area is 99.5 Å². The van der Waals surface area contributed by atoms with Crippen LogP contribution in [0.3, 0.4) is 0 Å². The van der Waals surface area contributed by atoms with Crippen molar-refractivity contribution >= 4 is 17.3 Å². The van der Waals surface area contributed by atoms with E-state index >= 15 is 0 Å². The van der Waals surface area contributed by atoms with E-state index in [0.717, 1.165) is 23.6 Å². The molecule has 0 atom stereocenters. The summed E-state index contributed by atoms with van der Waals surface area (Å²) in [6.07, 6.45) is 2.57. The normalized spacial score (nSPS) is 10.4. The number of hydrogen-bond acceptors (Lipinski definition) is 3. The summed E-state index contributed by atoms with van der Waals surface area (Å²) in [4.78, 5) is 3.99. The first kappa shape index (κ1) is 11.0. The Morgan fingerprint density at radius 1 is 1.31 bits per heavy atom. The van der Waals surface area contributed by atoms with E-state index in [9.17, 15) is 0 Å². The molecule has 0 spiro atoms. The average molecular weight is 237 g/mol. The number of pyridine rings is 1. The number of nitrogens with one attached hydrogen (secondary N) is 1. The Kier molecular flexibility index (Phi) is 3.47. The van der Waals surface area contributed by atoms with Gasteiger partial charge in [-0.1, -0.05) is 18.5 Å². The highest BCUT2D eigenvalue weighted by Crippen LogP contribution is 2.18. The smallest absolute Gasteiger partial charge is 0.152 e. The lowest BCUT2D eigenvalue weighted by Crippen LogP contribution is -1.99. The number of rotatable bonds is 4. The summed E-state index contributed by atoms with van der Waals surface area (Å²) < 4.78 is 5.57. The molecule has 0 aliphatic carbocycles. The van der Waals surface area contributed by atoms with Gasteiger partial charge in [0.15, 0.2) is 5.15 Å². The molecule has 2 heterocycles. The van der Waals surface area contributed by atoms with Crippen molar-refractivity contribution < 1.29 is 4.42 Å². The van der Waals surface area contributed by atoms with Crippen molar-refractivity contribution in [1.29, 1.82) is 0 Å². The molecule has 0 bridgehead atoms. The van der Waals surface area contributed by atoms with Crippen LogP contribution in [-0.4, -0.2) is 4.98 Å². The third kappa shape index (κ3) is 2.55. The predicted molar refractivity (Wildman–Crippen MR) is 64.7 cm³/mol. The number of furan rings is 1. The fourth-order valence-corrected chi connectivity index (χ4v) is 1.59. The first-order chi connectivity index (χ1) is 7.79. The minimum atomic E-state index is 0.477. The van der Waals surface area contributed by atoms with Crippen molar-refractivity contribution in [1.82, 2.24) is 4.98 Å². The Morgan fingerprint density at radius 3 is 2.81 bits per heavy atom. The van der Waals surface area contributed by atoms with E-state index < -0.39 is 0 Å². The summed E-state index contributed by atoms with van der Waals surface area (Å²) in [6.45, 7) is 2.68. The minimum absolute atomic E-state index is 0.477. The highest BCUT2D eigenvalue weighted by Gasteiger charge is 2.02. The molecule has 0 radical (unpaired) electrons. The van der Waals surface area contributed by atoms with Gasteiger partial charge in [0, 0.05) is 12.6 Å². The monoisotopic (exact) mass is 236 g/mol. The lowest BCUT2D eigenvalue weighted by molar-refractivity contribution is 0.476. The molecule has 84 valence electrons. The van der Waals surface area contributed by atoms with Crippen LogP contribution in [0.5, 0.6) is 0 Å². The van der Waals surface area contributed by atoms with E-state index in [1.807, 2.05) is 24.3 Å². The summed E-state index contributed by atoms with van der Waals surface area (Å²) in [5.41, 5.74) is 0.818. The first-order valence-corrected chi connectivity index (χ1v) is 5.59. The zero-order valence-corrected chi connectivity index (χ0v) is 9.79. The molecule has 16 heavy (non-hydrogen) atoms. The summed E-state index contributed by atoms with van der Waals surface area (Å²) in [6, 6.07) is 7.69. The van der Waals surface area contributed by atoms with Crippen molar-refractivity contribution in [2.24, 2.45) is 0 Å². The molecule has 0 saturated heterocycles. The van der Waals surface area contributed by atoms with Crippen LogP contribution in [0.15, 0.2) is 34.9 Å². The van der Waals surface area contributed by atoms with Gasteiger partial charge in [-0.25, -0.2) is 4.98 Å². The quantitative estimate of drug-likeness (QED) is 0.826. The summed E-state index contributed by atoms with van der Waals surface area (Å²) >= 11 is 5.92. The number of aromatic nitrogens is 1. The van der Waals surface area contributed by atoms with E-state index in [1.165, 1.54) is 0 Å². The average Bonchev–Trinajstić information content (AvgIpc) is 2.76. The van der Waals surface area contributed by atoms with Crippen molar-refractivity contribution in [3.8, 4) is 0 Å². The third-order valence-electron chi connectivity index (χ3n) is 2.28. The number of hydrogen-bond donors (Lipinski definition) is 1. The largest absolute Gasteiger partial charge is 0.464 e. The van der Waals surface area contributed by atoms with Crippen LogP contribution < -0.4 is 5.32 Å². The number of aryl methyl sites for hydroxylation is 1. The zero-order valence-electron chi connectivity index (χ0n) is 9.03. The summed E-state index contributed by atoms with van der Waals surface area (Å²) in [7, 11) is 0. The summed E-state index contributed by atoms with van der Waals surface area (Å²) in [5, 5.41) is 3.66. The van der Waals surface area contributed by atoms with Crippen LogP contribution in [-0.2, 0) is 13.0 Å². The van der Waals surface area contributed by atoms with E-state index in [0.29, 0.717) is 11.7 Å². The third-order valence-corrected chi connectivity index (χ3v) is 2.58. The number of anilines is 1. The van der Waals surface area contributed by atoms with Crippen LogP contribution in [0.2, 0.25) is 5.15 Å². The molecule has 2 aromatic rings. The van der Waals surface area contributed by atoms with Crippen LogP contribution >= 0.6 is 11.6 Å². The Hall–Kier alpha value is -1.48. The van der Waals surface area contributed by atoms with Crippen LogP contribution in [0.1, 0.15) is 18.4 Å². The lowest BCUT2D eigenvalue weighted by atomic mass is 10.3. The molecule has 2 aromatic heterocycles. The van der Waals surface area contributed by atoms with Gasteiger partial charge in [-0.05, 0) is 24.3 Å². The van der Waals surface area contributed by atoms with Gasteiger partial charge in [0.25, 0.3) is 0 Å². The molecule has 2 rings (SSSR count). The van der Waals surface area contributed by atoms with Gasteiger partial charge in [0.1, 0.15) is 11.5 Å². The second kappa shape index (κ2) is 5.03. The Morgan fingerprint density at radius 2 is 2.12 bits per heavy atom. The number of halogens is 1. The van der Waals surface area contributed by atoms with Crippen molar-refractivity contribution in [2.45, 2.75) is 19.9 Å². The second-order valence-electron chi connectivity index (χ2n) is 3.42. The molecule has 1 N–H and O–H groups in total. The first-order valence-electron chi connectivity index (χ1n) is 5.21. The predicted octanol–water partition coefficient (Wildman–Crippen LogP) is 3.50. The SMILES string of the molecule is CCc1ccc(CNc2cccnc2Cl)o1. The molecule has 0 aliphatic heterocycles. The molecular weight excluding hydrogens is 224 g/mol. The van der Waals surface area contributed by atoms with Crippen molar-refractivity contribution in [3.05, 3.63) is 47.1 Å². The standard InChI is InChI=1S/C12H13ClN2O/c1-2-9-5-6-10(16-9)8-15-11-4-3-7-14-12(11)13/h3-7,15H,2,8H2,1H3. The second-order valence-corrected chi connectivity index (χ2v) is 3.77. The molecule has 0 aliphatic rings. The van der Waals surface area contributed by atoms with E-state index in [1.54, 1.807) is 6.20 Å². The minimum Gasteiger partial charge on any atom is -0.464 e. The van der Waals surface area contributed by atoms with Gasteiger partial charge < -0.3 is 9.73 Å². The van der Waals surface area contributed by atoms with Gasteiger partial charge in [0.05, 0.1) is 12.2 Å². The molecule has 4 heteroatoms. The maximum Gasteiger partial charge on any atom is 0.152 e. The maximum atomic E-state index is 5.92. The fraction of sp³-hybridized carbons (Fsp3) is 0.250. The molecule has 0 unspecified atom stereocenters. The van der Waals surface area contributed by atoms with Crippen LogP contribution in [0.25, 0.3) is 0 Å². The number of nitrogens with zero attached hydrogens (tertiary/aromatic N) is 1.